The van der Waals surface area contributed by atoms with Gasteiger partial charge in [-0.15, -0.1) is 0 Å². The zero-order valence-corrected chi connectivity index (χ0v) is 8.18. The average molecular weight is 193 g/mol. The van der Waals surface area contributed by atoms with Gasteiger partial charge in [0.05, 0.1) is 0 Å². The van der Waals surface area contributed by atoms with Crippen LogP contribution in [0.15, 0.2) is 30.3 Å². The molecule has 0 amide bonds. The van der Waals surface area contributed by atoms with E-state index in [1.807, 2.05) is 30.3 Å². The van der Waals surface area contributed by atoms with Gasteiger partial charge < -0.3 is 10.8 Å². The molecule has 0 aromatic heterocycles. The SMILES string of the molecule is C[C@@H](C(=O)CO)[C@H](N)c1ccccc1. The standard InChI is InChI=1S/C11H15NO2/c1-8(10(14)7-13)11(12)9-5-3-2-4-6-9/h2-6,8,11,13H,7,12H2,1H3/t8-,11-/m0/s1. The molecule has 1 aromatic carbocycles. The smallest absolute Gasteiger partial charge is 0.162 e. The molecule has 0 aliphatic heterocycles. The number of nitrogens with two attached hydrogens (primary N) is 1. The summed E-state index contributed by atoms with van der Waals surface area (Å²) in [5, 5.41) is 8.70. The lowest BCUT2D eigenvalue weighted by molar-refractivity contribution is -0.125. The van der Waals surface area contributed by atoms with Crippen molar-refractivity contribution in [3.05, 3.63) is 35.9 Å². The van der Waals surface area contributed by atoms with Gasteiger partial charge in [0.2, 0.25) is 0 Å². The molecule has 0 radical (unpaired) electrons. The first-order chi connectivity index (χ1) is 6.66. The summed E-state index contributed by atoms with van der Waals surface area (Å²) in [5.74, 6) is -0.566. The fourth-order valence-corrected chi connectivity index (χ4v) is 1.31. The van der Waals surface area contributed by atoms with Gasteiger partial charge in [0.25, 0.3) is 0 Å². The van der Waals surface area contributed by atoms with Crippen molar-refractivity contribution in [2.24, 2.45) is 11.7 Å². The Morgan fingerprint density at radius 3 is 2.50 bits per heavy atom. The fraction of sp³-hybridized carbons (Fsp3) is 0.364. The number of ketones is 1. The maximum absolute atomic E-state index is 11.2. The lowest BCUT2D eigenvalue weighted by Gasteiger charge is -2.18. The predicted molar refractivity (Wildman–Crippen MR) is 54.6 cm³/mol. The van der Waals surface area contributed by atoms with Crippen LogP contribution in [0.5, 0.6) is 0 Å². The van der Waals surface area contributed by atoms with Crippen LogP contribution in [0.3, 0.4) is 0 Å². The Hall–Kier alpha value is -1.19. The van der Waals surface area contributed by atoms with E-state index in [1.54, 1.807) is 6.92 Å². The van der Waals surface area contributed by atoms with Crippen LogP contribution in [0.2, 0.25) is 0 Å². The average Bonchev–Trinajstić information content (AvgIpc) is 2.27. The Morgan fingerprint density at radius 2 is 2.00 bits per heavy atom. The molecule has 0 saturated heterocycles. The maximum Gasteiger partial charge on any atom is 0.162 e. The lowest BCUT2D eigenvalue weighted by atomic mass is 9.92. The molecule has 3 N–H and O–H groups in total. The zero-order valence-electron chi connectivity index (χ0n) is 8.18. The number of hydrogen-bond acceptors (Lipinski definition) is 3. The molecule has 0 aliphatic rings. The van der Waals surface area contributed by atoms with Gasteiger partial charge in [0, 0.05) is 12.0 Å². The summed E-state index contributed by atoms with van der Waals surface area (Å²) in [4.78, 5) is 11.2. The van der Waals surface area contributed by atoms with Crippen molar-refractivity contribution < 1.29 is 9.90 Å². The highest BCUT2D eigenvalue weighted by atomic mass is 16.3. The van der Waals surface area contributed by atoms with Crippen LogP contribution in [0.4, 0.5) is 0 Å². The van der Waals surface area contributed by atoms with E-state index < -0.39 is 6.61 Å². The van der Waals surface area contributed by atoms with Gasteiger partial charge >= 0.3 is 0 Å². The summed E-state index contributed by atoms with van der Waals surface area (Å²) < 4.78 is 0. The highest BCUT2D eigenvalue weighted by molar-refractivity contribution is 5.82. The van der Waals surface area contributed by atoms with Gasteiger partial charge in [0.1, 0.15) is 6.61 Å². The molecule has 0 bridgehead atoms. The summed E-state index contributed by atoms with van der Waals surface area (Å²) in [6.45, 7) is 1.29. The van der Waals surface area contributed by atoms with E-state index in [1.165, 1.54) is 0 Å². The van der Waals surface area contributed by atoms with Crippen molar-refractivity contribution in [2.45, 2.75) is 13.0 Å². The van der Waals surface area contributed by atoms with Gasteiger partial charge in [-0.1, -0.05) is 37.3 Å². The number of benzene rings is 1. The highest BCUT2D eigenvalue weighted by Gasteiger charge is 2.20. The summed E-state index contributed by atoms with van der Waals surface area (Å²) >= 11 is 0. The van der Waals surface area contributed by atoms with Crippen molar-refractivity contribution >= 4 is 5.78 Å². The molecule has 1 rings (SSSR count). The van der Waals surface area contributed by atoms with Gasteiger partial charge in [0.15, 0.2) is 5.78 Å². The molecule has 2 atom stereocenters. The lowest BCUT2D eigenvalue weighted by Crippen LogP contribution is -2.27. The van der Waals surface area contributed by atoms with Crippen LogP contribution in [0, 0.1) is 5.92 Å². The first-order valence-corrected chi connectivity index (χ1v) is 4.61. The van der Waals surface area contributed by atoms with Crippen molar-refractivity contribution in [1.29, 1.82) is 0 Å². The van der Waals surface area contributed by atoms with E-state index in [2.05, 4.69) is 0 Å². The van der Waals surface area contributed by atoms with Crippen LogP contribution >= 0.6 is 0 Å². The molecule has 14 heavy (non-hydrogen) atoms. The third-order valence-corrected chi connectivity index (χ3v) is 2.39. The number of rotatable bonds is 4. The zero-order chi connectivity index (χ0) is 10.6. The predicted octanol–water partition coefficient (Wildman–Crippen LogP) is 0.884. The van der Waals surface area contributed by atoms with Crippen LogP contribution < -0.4 is 5.73 Å². The van der Waals surface area contributed by atoms with E-state index >= 15 is 0 Å². The third-order valence-electron chi connectivity index (χ3n) is 2.39. The number of hydrogen-bond donors (Lipinski definition) is 2. The fourth-order valence-electron chi connectivity index (χ4n) is 1.31. The Bertz CT molecular complexity index is 297. The molecule has 0 aliphatic carbocycles. The summed E-state index contributed by atoms with van der Waals surface area (Å²) in [6.07, 6.45) is 0. The topological polar surface area (TPSA) is 63.3 Å². The largest absolute Gasteiger partial charge is 0.389 e. The second-order valence-electron chi connectivity index (χ2n) is 3.35. The Labute approximate surface area is 83.6 Å². The second kappa shape index (κ2) is 4.88. The van der Waals surface area contributed by atoms with Crippen molar-refractivity contribution in [1.82, 2.24) is 0 Å². The van der Waals surface area contributed by atoms with Crippen LogP contribution in [-0.2, 0) is 4.79 Å². The monoisotopic (exact) mass is 193 g/mol. The molecular weight excluding hydrogens is 178 g/mol. The maximum atomic E-state index is 11.2. The van der Waals surface area contributed by atoms with E-state index in [4.69, 9.17) is 10.8 Å². The Morgan fingerprint density at radius 1 is 1.43 bits per heavy atom. The number of Topliss-reactive ketones (excluding diaryl/α,β-unsaturated/α-hetero) is 1. The molecule has 0 heterocycles. The molecule has 1 aromatic rings. The first-order valence-electron chi connectivity index (χ1n) is 4.61. The normalized spacial score (nSPS) is 14.8. The van der Waals surface area contributed by atoms with Crippen molar-refractivity contribution in [3.8, 4) is 0 Å². The van der Waals surface area contributed by atoms with Crippen molar-refractivity contribution in [2.75, 3.05) is 6.61 Å². The van der Waals surface area contributed by atoms with E-state index in [0.717, 1.165) is 5.56 Å². The highest BCUT2D eigenvalue weighted by Crippen LogP contribution is 2.19. The van der Waals surface area contributed by atoms with Crippen molar-refractivity contribution in [3.63, 3.8) is 0 Å². The molecule has 76 valence electrons. The van der Waals surface area contributed by atoms with Crippen LogP contribution in [0.25, 0.3) is 0 Å². The molecule has 0 saturated carbocycles. The molecule has 0 fully saturated rings. The minimum atomic E-state index is -0.443. The molecule has 0 unspecified atom stereocenters. The van der Waals surface area contributed by atoms with Gasteiger partial charge in [-0.25, -0.2) is 0 Å². The van der Waals surface area contributed by atoms with Gasteiger partial charge in [-0.05, 0) is 5.56 Å². The van der Waals surface area contributed by atoms with E-state index in [9.17, 15) is 4.79 Å². The van der Waals surface area contributed by atoms with E-state index in [-0.39, 0.29) is 17.7 Å². The molecule has 0 spiro atoms. The van der Waals surface area contributed by atoms with Crippen LogP contribution in [-0.4, -0.2) is 17.5 Å². The minimum Gasteiger partial charge on any atom is -0.389 e. The van der Waals surface area contributed by atoms with E-state index in [0.29, 0.717) is 0 Å². The summed E-state index contributed by atoms with van der Waals surface area (Å²) in [7, 11) is 0. The van der Waals surface area contributed by atoms with Gasteiger partial charge in [-0.2, -0.15) is 0 Å². The summed E-state index contributed by atoms with van der Waals surface area (Å²) in [6, 6.07) is 9.08. The number of aliphatic hydroxyl groups is 1. The minimum absolute atomic E-state index is 0.221. The van der Waals surface area contributed by atoms with Gasteiger partial charge in [-0.3, -0.25) is 4.79 Å². The first kappa shape index (κ1) is 10.9. The molecular formula is C11H15NO2. The second-order valence-corrected chi connectivity index (χ2v) is 3.35. The number of carbonyl (C=O) groups excluding carboxylic acids is 1. The number of aliphatic hydroxyl groups excluding tert-OH is 1. The van der Waals surface area contributed by atoms with Crippen LogP contribution in [0.1, 0.15) is 18.5 Å². The Kier molecular flexibility index (Phi) is 3.80. The molecule has 3 nitrogen and oxygen atoms in total. The Balaban J connectivity index is 2.75. The number of carbonyl (C=O) groups is 1. The third kappa shape index (κ3) is 2.40. The molecule has 3 heteroatoms. The quantitative estimate of drug-likeness (QED) is 0.746. The summed E-state index contributed by atoms with van der Waals surface area (Å²) in [5.41, 5.74) is 6.80.